The van der Waals surface area contributed by atoms with Gasteiger partial charge in [-0.25, -0.2) is 4.79 Å². The number of carbonyl (C=O) groups is 2. The summed E-state index contributed by atoms with van der Waals surface area (Å²) in [5.41, 5.74) is 1.95. The molecular weight excluding hydrogens is 344 g/mol. The lowest BCUT2D eigenvalue weighted by atomic mass is 10.2. The fraction of sp³-hybridized carbons (Fsp3) is 0.143. The highest BCUT2D eigenvalue weighted by atomic mass is 16.5. The molecule has 0 radical (unpaired) electrons. The van der Waals surface area contributed by atoms with Crippen LogP contribution in [0.1, 0.15) is 21.7 Å². The molecule has 138 valence electrons. The van der Waals surface area contributed by atoms with Gasteiger partial charge in [-0.05, 0) is 29.8 Å². The first kappa shape index (κ1) is 18.3. The fourth-order valence-corrected chi connectivity index (χ4v) is 2.47. The summed E-state index contributed by atoms with van der Waals surface area (Å²) in [5, 5.41) is 5.86. The van der Waals surface area contributed by atoms with Crippen molar-refractivity contribution in [2.45, 2.75) is 13.1 Å². The second-order valence-corrected chi connectivity index (χ2v) is 5.82. The Kier molecular flexibility index (Phi) is 6.25. The van der Waals surface area contributed by atoms with Crippen LogP contribution in [0.2, 0.25) is 0 Å². The smallest absolute Gasteiger partial charge is 0.340 e. The molecule has 0 aliphatic rings. The van der Waals surface area contributed by atoms with Crippen LogP contribution >= 0.6 is 0 Å². The van der Waals surface area contributed by atoms with Gasteiger partial charge in [0.1, 0.15) is 5.76 Å². The molecule has 0 saturated heterocycles. The quantitative estimate of drug-likeness (QED) is 0.599. The molecule has 2 N–H and O–H groups in total. The second-order valence-electron chi connectivity index (χ2n) is 5.82. The van der Waals surface area contributed by atoms with Gasteiger partial charge in [0.05, 0.1) is 18.4 Å². The van der Waals surface area contributed by atoms with Crippen molar-refractivity contribution < 1.29 is 18.7 Å². The molecule has 3 rings (SSSR count). The van der Waals surface area contributed by atoms with Crippen LogP contribution in [0.25, 0.3) is 0 Å². The van der Waals surface area contributed by atoms with Crippen LogP contribution in [0.5, 0.6) is 0 Å². The molecule has 0 atom stereocenters. The zero-order valence-electron chi connectivity index (χ0n) is 14.7. The number of furan rings is 1. The Balaban J connectivity index is 1.50. The Labute approximate surface area is 157 Å². The Bertz CT molecular complexity index is 876. The third-order valence-corrected chi connectivity index (χ3v) is 3.85. The third-order valence-electron chi connectivity index (χ3n) is 3.85. The van der Waals surface area contributed by atoms with Crippen molar-refractivity contribution in [1.29, 1.82) is 0 Å². The Morgan fingerprint density at radius 3 is 2.44 bits per heavy atom. The largest absolute Gasteiger partial charge is 0.467 e. The first-order valence-corrected chi connectivity index (χ1v) is 8.55. The SMILES string of the molecule is O=C(COC(=O)c1ccccc1NCc1ccco1)NCc1ccccc1. The van der Waals surface area contributed by atoms with E-state index in [-0.39, 0.29) is 12.5 Å². The van der Waals surface area contributed by atoms with E-state index in [1.807, 2.05) is 42.5 Å². The van der Waals surface area contributed by atoms with Crippen molar-refractivity contribution >= 4 is 17.6 Å². The summed E-state index contributed by atoms with van der Waals surface area (Å²) < 4.78 is 10.4. The summed E-state index contributed by atoms with van der Waals surface area (Å²) in [5.74, 6) is -0.168. The molecule has 0 fully saturated rings. The van der Waals surface area contributed by atoms with Gasteiger partial charge >= 0.3 is 5.97 Å². The molecule has 0 unspecified atom stereocenters. The number of amides is 1. The Morgan fingerprint density at radius 2 is 1.67 bits per heavy atom. The van der Waals surface area contributed by atoms with Gasteiger partial charge in [0.25, 0.3) is 5.91 Å². The average molecular weight is 364 g/mol. The predicted octanol–water partition coefficient (Wildman–Crippen LogP) is 3.36. The molecule has 1 amide bonds. The van der Waals surface area contributed by atoms with E-state index in [0.29, 0.717) is 24.3 Å². The van der Waals surface area contributed by atoms with Crippen LogP contribution in [0, 0.1) is 0 Å². The minimum Gasteiger partial charge on any atom is -0.467 e. The first-order valence-electron chi connectivity index (χ1n) is 8.55. The number of nitrogens with one attached hydrogen (secondary N) is 2. The minimum absolute atomic E-state index is 0.335. The summed E-state index contributed by atoms with van der Waals surface area (Å²) in [6.45, 7) is 0.492. The van der Waals surface area contributed by atoms with Gasteiger partial charge in [0, 0.05) is 12.2 Å². The summed E-state index contributed by atoms with van der Waals surface area (Å²) in [6, 6.07) is 20.1. The van der Waals surface area contributed by atoms with Gasteiger partial charge < -0.3 is 19.8 Å². The summed E-state index contributed by atoms with van der Waals surface area (Å²) in [7, 11) is 0. The first-order chi connectivity index (χ1) is 13.2. The Morgan fingerprint density at radius 1 is 0.889 bits per heavy atom. The molecule has 6 heteroatoms. The molecular formula is C21H20N2O4. The maximum Gasteiger partial charge on any atom is 0.340 e. The van der Waals surface area contributed by atoms with Crippen LogP contribution in [0.4, 0.5) is 5.69 Å². The summed E-state index contributed by atoms with van der Waals surface area (Å²) in [6.07, 6.45) is 1.59. The minimum atomic E-state index is -0.563. The van der Waals surface area contributed by atoms with Crippen LogP contribution in [-0.2, 0) is 22.6 Å². The number of carbonyl (C=O) groups excluding carboxylic acids is 2. The number of para-hydroxylation sites is 1. The van der Waals surface area contributed by atoms with Crippen molar-refractivity contribution in [2.75, 3.05) is 11.9 Å². The maximum atomic E-state index is 12.3. The van der Waals surface area contributed by atoms with E-state index in [0.717, 1.165) is 11.3 Å². The van der Waals surface area contributed by atoms with Crippen LogP contribution in [0.15, 0.2) is 77.4 Å². The van der Waals surface area contributed by atoms with E-state index < -0.39 is 5.97 Å². The molecule has 3 aromatic rings. The number of hydrogen-bond donors (Lipinski definition) is 2. The van der Waals surface area contributed by atoms with Gasteiger partial charge in [0.2, 0.25) is 0 Å². The van der Waals surface area contributed by atoms with Gasteiger partial charge in [-0.15, -0.1) is 0 Å². The van der Waals surface area contributed by atoms with Crippen LogP contribution in [0.3, 0.4) is 0 Å². The molecule has 0 aliphatic carbocycles. The number of rotatable bonds is 8. The molecule has 1 heterocycles. The van der Waals surface area contributed by atoms with Gasteiger partial charge in [-0.1, -0.05) is 42.5 Å². The normalized spacial score (nSPS) is 10.2. The fourth-order valence-electron chi connectivity index (χ4n) is 2.47. The van der Waals surface area contributed by atoms with Gasteiger partial charge in [-0.3, -0.25) is 4.79 Å². The van der Waals surface area contributed by atoms with E-state index >= 15 is 0 Å². The van der Waals surface area contributed by atoms with Crippen molar-refractivity contribution in [3.05, 3.63) is 89.9 Å². The monoisotopic (exact) mass is 364 g/mol. The predicted molar refractivity (Wildman–Crippen MR) is 101 cm³/mol. The number of esters is 1. The lowest BCUT2D eigenvalue weighted by Crippen LogP contribution is -2.28. The molecule has 6 nitrogen and oxygen atoms in total. The molecule has 0 bridgehead atoms. The molecule has 0 aliphatic heterocycles. The zero-order chi connectivity index (χ0) is 18.9. The van der Waals surface area contributed by atoms with Crippen molar-refractivity contribution in [3.63, 3.8) is 0 Å². The van der Waals surface area contributed by atoms with Crippen molar-refractivity contribution in [3.8, 4) is 0 Å². The van der Waals surface area contributed by atoms with Gasteiger partial charge in [-0.2, -0.15) is 0 Å². The van der Waals surface area contributed by atoms with E-state index in [9.17, 15) is 9.59 Å². The lowest BCUT2D eigenvalue weighted by molar-refractivity contribution is -0.124. The van der Waals surface area contributed by atoms with Crippen molar-refractivity contribution in [2.24, 2.45) is 0 Å². The standard InChI is InChI=1S/C21H20N2O4/c24-20(23-13-16-7-2-1-3-8-16)15-27-21(25)18-10-4-5-11-19(18)22-14-17-9-6-12-26-17/h1-12,22H,13-15H2,(H,23,24). The zero-order valence-corrected chi connectivity index (χ0v) is 14.7. The Hall–Kier alpha value is -3.54. The van der Waals surface area contributed by atoms with Crippen LogP contribution < -0.4 is 10.6 Å². The van der Waals surface area contributed by atoms with E-state index in [4.69, 9.17) is 9.15 Å². The molecule has 2 aromatic carbocycles. The van der Waals surface area contributed by atoms with E-state index in [1.165, 1.54) is 0 Å². The second kappa shape index (κ2) is 9.24. The maximum absolute atomic E-state index is 12.3. The number of hydrogen-bond acceptors (Lipinski definition) is 5. The number of benzene rings is 2. The highest BCUT2D eigenvalue weighted by Gasteiger charge is 2.14. The summed E-state index contributed by atoms with van der Waals surface area (Å²) >= 11 is 0. The molecule has 0 spiro atoms. The van der Waals surface area contributed by atoms with Crippen LogP contribution in [-0.4, -0.2) is 18.5 Å². The molecule has 27 heavy (non-hydrogen) atoms. The number of anilines is 1. The highest BCUT2D eigenvalue weighted by molar-refractivity contribution is 5.96. The highest BCUT2D eigenvalue weighted by Crippen LogP contribution is 2.17. The van der Waals surface area contributed by atoms with Gasteiger partial charge in [0.15, 0.2) is 6.61 Å². The molecule has 1 aromatic heterocycles. The lowest BCUT2D eigenvalue weighted by Gasteiger charge is -2.11. The molecule has 0 saturated carbocycles. The van der Waals surface area contributed by atoms with Crippen molar-refractivity contribution in [1.82, 2.24) is 5.32 Å². The summed E-state index contributed by atoms with van der Waals surface area (Å²) in [4.78, 5) is 24.2. The average Bonchev–Trinajstić information content (AvgIpc) is 3.23. The van der Waals surface area contributed by atoms with E-state index in [1.54, 1.807) is 30.5 Å². The topological polar surface area (TPSA) is 80.6 Å². The third kappa shape index (κ3) is 5.47. The van der Waals surface area contributed by atoms with E-state index in [2.05, 4.69) is 10.6 Å². The number of ether oxygens (including phenoxy) is 1.